The number of carbonyl (C=O) groups is 1. The zero-order valence-electron chi connectivity index (χ0n) is 12.5. The highest BCUT2D eigenvalue weighted by molar-refractivity contribution is 5.84. The van der Waals surface area contributed by atoms with Crippen LogP contribution in [0.1, 0.15) is 16.7 Å². The molecule has 3 nitrogen and oxygen atoms in total. The molecule has 0 spiro atoms. The van der Waals surface area contributed by atoms with Crippen molar-refractivity contribution < 1.29 is 9.53 Å². The van der Waals surface area contributed by atoms with Crippen molar-refractivity contribution in [2.45, 2.75) is 18.8 Å². The third-order valence-electron chi connectivity index (χ3n) is 3.88. The van der Waals surface area contributed by atoms with Crippen LogP contribution in [0.15, 0.2) is 54.6 Å². The fourth-order valence-corrected chi connectivity index (χ4v) is 2.58. The van der Waals surface area contributed by atoms with E-state index in [1.807, 2.05) is 61.5 Å². The van der Waals surface area contributed by atoms with Crippen molar-refractivity contribution in [3.63, 3.8) is 0 Å². The third-order valence-corrected chi connectivity index (χ3v) is 3.88. The summed E-state index contributed by atoms with van der Waals surface area (Å²) in [5.74, 6) is -0.294. The maximum Gasteiger partial charge on any atom is 0.317 e. The second-order valence-electron chi connectivity index (χ2n) is 5.31. The maximum atomic E-state index is 12.5. The van der Waals surface area contributed by atoms with Gasteiger partial charge in [-0.1, -0.05) is 60.2 Å². The summed E-state index contributed by atoms with van der Waals surface area (Å²) in [5.41, 5.74) is 8.26. The standard InChI is InChI=1S/C18H21NO2/c1-14-8-10-16(11-9-14)18(13-19,17(20)21-2)12-15-6-4-3-5-7-15/h3-11H,12-13,19H2,1-2H3. The monoisotopic (exact) mass is 283 g/mol. The van der Waals surface area contributed by atoms with Crippen LogP contribution in [0.5, 0.6) is 0 Å². The fourth-order valence-electron chi connectivity index (χ4n) is 2.58. The molecule has 21 heavy (non-hydrogen) atoms. The lowest BCUT2D eigenvalue weighted by Crippen LogP contribution is -2.45. The Labute approximate surface area is 125 Å². The smallest absolute Gasteiger partial charge is 0.317 e. The summed E-state index contributed by atoms with van der Waals surface area (Å²) in [5, 5.41) is 0. The van der Waals surface area contributed by atoms with Gasteiger partial charge in [0.25, 0.3) is 0 Å². The van der Waals surface area contributed by atoms with Gasteiger partial charge in [0.15, 0.2) is 0 Å². The molecule has 0 fully saturated rings. The van der Waals surface area contributed by atoms with Gasteiger partial charge < -0.3 is 10.5 Å². The van der Waals surface area contributed by atoms with E-state index in [-0.39, 0.29) is 12.5 Å². The minimum atomic E-state index is -0.843. The number of aryl methyl sites for hydroxylation is 1. The average molecular weight is 283 g/mol. The first kappa shape index (κ1) is 15.3. The summed E-state index contributed by atoms with van der Waals surface area (Å²) in [4.78, 5) is 12.5. The van der Waals surface area contributed by atoms with Gasteiger partial charge in [-0.15, -0.1) is 0 Å². The molecule has 0 saturated carbocycles. The number of esters is 1. The fraction of sp³-hybridized carbons (Fsp3) is 0.278. The van der Waals surface area contributed by atoms with Crippen molar-refractivity contribution in [3.05, 3.63) is 71.3 Å². The summed E-state index contributed by atoms with van der Waals surface area (Å²) < 4.78 is 5.04. The highest BCUT2D eigenvalue weighted by Gasteiger charge is 2.40. The van der Waals surface area contributed by atoms with E-state index in [4.69, 9.17) is 10.5 Å². The van der Waals surface area contributed by atoms with E-state index >= 15 is 0 Å². The van der Waals surface area contributed by atoms with Gasteiger partial charge in [0.1, 0.15) is 5.41 Å². The average Bonchev–Trinajstić information content (AvgIpc) is 2.54. The summed E-state index contributed by atoms with van der Waals surface area (Å²) in [6, 6.07) is 17.8. The van der Waals surface area contributed by atoms with Crippen LogP contribution in [0.2, 0.25) is 0 Å². The van der Waals surface area contributed by atoms with Gasteiger partial charge in [-0.2, -0.15) is 0 Å². The Balaban J connectivity index is 2.47. The van der Waals surface area contributed by atoms with E-state index in [0.717, 1.165) is 16.7 Å². The van der Waals surface area contributed by atoms with Crippen LogP contribution in [-0.2, 0) is 21.4 Å². The Morgan fingerprint density at radius 2 is 1.71 bits per heavy atom. The predicted octanol–water partition coefficient (Wildman–Crippen LogP) is 2.61. The van der Waals surface area contributed by atoms with E-state index in [1.54, 1.807) is 0 Å². The summed E-state index contributed by atoms with van der Waals surface area (Å²) >= 11 is 0. The zero-order valence-corrected chi connectivity index (χ0v) is 12.5. The Bertz CT molecular complexity index is 592. The second-order valence-corrected chi connectivity index (χ2v) is 5.31. The molecule has 0 amide bonds. The highest BCUT2D eigenvalue weighted by atomic mass is 16.5. The molecule has 2 rings (SSSR count). The Kier molecular flexibility index (Phi) is 4.76. The molecular formula is C18H21NO2. The van der Waals surface area contributed by atoms with Crippen LogP contribution in [0.25, 0.3) is 0 Å². The Hall–Kier alpha value is -2.13. The van der Waals surface area contributed by atoms with Gasteiger partial charge >= 0.3 is 5.97 Å². The maximum absolute atomic E-state index is 12.5. The Morgan fingerprint density at radius 3 is 2.24 bits per heavy atom. The van der Waals surface area contributed by atoms with Crippen molar-refractivity contribution in [2.24, 2.45) is 5.73 Å². The van der Waals surface area contributed by atoms with Gasteiger partial charge in [-0.05, 0) is 24.5 Å². The van der Waals surface area contributed by atoms with Gasteiger partial charge in [0, 0.05) is 6.54 Å². The van der Waals surface area contributed by atoms with Crippen LogP contribution in [0, 0.1) is 6.92 Å². The molecule has 0 aliphatic heterocycles. The number of nitrogens with two attached hydrogens (primary N) is 1. The molecule has 0 heterocycles. The molecule has 110 valence electrons. The normalized spacial score (nSPS) is 13.5. The number of hydrogen-bond acceptors (Lipinski definition) is 3. The van der Waals surface area contributed by atoms with Crippen LogP contribution in [-0.4, -0.2) is 19.6 Å². The van der Waals surface area contributed by atoms with Crippen molar-refractivity contribution in [1.29, 1.82) is 0 Å². The summed E-state index contributed by atoms with van der Waals surface area (Å²) in [6.07, 6.45) is 0.528. The minimum Gasteiger partial charge on any atom is -0.468 e. The SMILES string of the molecule is COC(=O)C(CN)(Cc1ccccc1)c1ccc(C)cc1. The minimum absolute atomic E-state index is 0.206. The first-order valence-electron chi connectivity index (χ1n) is 7.02. The molecule has 2 aromatic carbocycles. The lowest BCUT2D eigenvalue weighted by Gasteiger charge is -2.30. The van der Waals surface area contributed by atoms with Gasteiger partial charge in [0.05, 0.1) is 7.11 Å². The van der Waals surface area contributed by atoms with Crippen molar-refractivity contribution in [1.82, 2.24) is 0 Å². The van der Waals surface area contributed by atoms with E-state index in [9.17, 15) is 4.79 Å². The molecular weight excluding hydrogens is 262 g/mol. The Morgan fingerprint density at radius 1 is 1.10 bits per heavy atom. The first-order valence-corrected chi connectivity index (χ1v) is 7.02. The van der Waals surface area contributed by atoms with Crippen molar-refractivity contribution in [3.8, 4) is 0 Å². The van der Waals surface area contributed by atoms with Crippen LogP contribution < -0.4 is 5.73 Å². The molecule has 0 radical (unpaired) electrons. The number of ether oxygens (including phenoxy) is 1. The second kappa shape index (κ2) is 6.55. The lowest BCUT2D eigenvalue weighted by atomic mass is 9.75. The summed E-state index contributed by atoms with van der Waals surface area (Å²) in [7, 11) is 1.41. The number of methoxy groups -OCH3 is 1. The molecule has 0 aromatic heterocycles. The number of rotatable bonds is 5. The van der Waals surface area contributed by atoms with Gasteiger partial charge in [0.2, 0.25) is 0 Å². The van der Waals surface area contributed by atoms with Crippen molar-refractivity contribution >= 4 is 5.97 Å². The molecule has 1 unspecified atom stereocenters. The first-order chi connectivity index (χ1) is 10.1. The van der Waals surface area contributed by atoms with Gasteiger partial charge in [-0.25, -0.2) is 0 Å². The quantitative estimate of drug-likeness (QED) is 0.858. The van der Waals surface area contributed by atoms with E-state index in [1.165, 1.54) is 7.11 Å². The molecule has 2 N–H and O–H groups in total. The summed E-state index contributed by atoms with van der Waals surface area (Å²) in [6.45, 7) is 2.22. The predicted molar refractivity (Wildman–Crippen MR) is 84.1 cm³/mol. The molecule has 1 atom stereocenters. The molecule has 0 aliphatic carbocycles. The molecule has 3 heteroatoms. The molecule has 0 bridgehead atoms. The van der Waals surface area contributed by atoms with E-state index in [2.05, 4.69) is 0 Å². The topological polar surface area (TPSA) is 52.3 Å². The van der Waals surface area contributed by atoms with E-state index in [0.29, 0.717) is 6.42 Å². The third kappa shape index (κ3) is 3.14. The van der Waals surface area contributed by atoms with Crippen molar-refractivity contribution in [2.75, 3.05) is 13.7 Å². The molecule has 0 aliphatic rings. The largest absolute Gasteiger partial charge is 0.468 e. The molecule has 0 saturated heterocycles. The van der Waals surface area contributed by atoms with Crippen LogP contribution in [0.4, 0.5) is 0 Å². The highest BCUT2D eigenvalue weighted by Crippen LogP contribution is 2.29. The number of carbonyl (C=O) groups excluding carboxylic acids is 1. The number of benzene rings is 2. The van der Waals surface area contributed by atoms with Gasteiger partial charge in [-0.3, -0.25) is 4.79 Å². The van der Waals surface area contributed by atoms with Crippen LogP contribution in [0.3, 0.4) is 0 Å². The molecule has 2 aromatic rings. The van der Waals surface area contributed by atoms with Crippen LogP contribution >= 0.6 is 0 Å². The lowest BCUT2D eigenvalue weighted by molar-refractivity contribution is -0.147. The number of hydrogen-bond donors (Lipinski definition) is 1. The van der Waals surface area contributed by atoms with E-state index < -0.39 is 5.41 Å². The zero-order chi connectivity index (χ0) is 15.3.